The molecule has 2 aliphatic rings. The first-order valence-electron chi connectivity index (χ1n) is 8.74. The Kier molecular flexibility index (Phi) is 13.1. The third kappa shape index (κ3) is 11.6. The number of alkyl halides is 2. The highest BCUT2D eigenvalue weighted by atomic mass is 35.5. The van der Waals surface area contributed by atoms with Gasteiger partial charge in [0.25, 0.3) is 0 Å². The molecule has 0 bridgehead atoms. The number of carbonyl (C=O) groups excluding carboxylic acids is 2. The molecule has 0 N–H and O–H groups in total. The summed E-state index contributed by atoms with van der Waals surface area (Å²) in [5, 5.41) is 0. The SMILES string of the molecule is O=C(CC1CCCOC1)OCCl.O=C(CCC1CCCOC1)OCCl. The predicted molar refractivity (Wildman–Crippen MR) is 94.6 cm³/mol. The molecule has 25 heavy (non-hydrogen) atoms. The molecule has 146 valence electrons. The molecule has 2 unspecified atom stereocenters. The normalized spacial score (nSPS) is 23.1. The van der Waals surface area contributed by atoms with Gasteiger partial charge in [0.2, 0.25) is 0 Å². The summed E-state index contributed by atoms with van der Waals surface area (Å²) in [6, 6.07) is -0.0909. The highest BCUT2D eigenvalue weighted by molar-refractivity contribution is 6.17. The maximum atomic E-state index is 10.9. The maximum absolute atomic E-state index is 10.9. The van der Waals surface area contributed by atoms with Gasteiger partial charge in [-0.05, 0) is 43.9 Å². The summed E-state index contributed by atoms with van der Waals surface area (Å²) >= 11 is 10.5. The van der Waals surface area contributed by atoms with E-state index in [4.69, 9.17) is 32.7 Å². The Morgan fingerprint density at radius 2 is 1.44 bits per heavy atom. The molecule has 2 atom stereocenters. The standard InChI is InChI=1S/C9H15ClO3.C8H13ClO3/c10-7-13-9(11)4-3-8-2-1-5-12-6-8;9-6-12-8(10)4-7-2-1-3-11-5-7/h8H,1-7H2;7H,1-6H2. The van der Waals surface area contributed by atoms with E-state index in [2.05, 4.69) is 9.47 Å². The van der Waals surface area contributed by atoms with E-state index in [9.17, 15) is 9.59 Å². The number of halogens is 2. The van der Waals surface area contributed by atoms with Crippen molar-refractivity contribution in [2.45, 2.75) is 44.9 Å². The van der Waals surface area contributed by atoms with Gasteiger partial charge in [0.15, 0.2) is 12.1 Å². The van der Waals surface area contributed by atoms with Gasteiger partial charge in [-0.2, -0.15) is 0 Å². The lowest BCUT2D eigenvalue weighted by molar-refractivity contribution is -0.144. The highest BCUT2D eigenvalue weighted by Gasteiger charge is 2.18. The fourth-order valence-corrected chi connectivity index (χ4v) is 3.06. The van der Waals surface area contributed by atoms with Gasteiger partial charge in [-0.1, -0.05) is 23.2 Å². The monoisotopic (exact) mass is 398 g/mol. The van der Waals surface area contributed by atoms with Crippen LogP contribution in [0.25, 0.3) is 0 Å². The van der Waals surface area contributed by atoms with Crippen molar-refractivity contribution in [3.05, 3.63) is 0 Å². The van der Waals surface area contributed by atoms with Crippen LogP contribution in [0.2, 0.25) is 0 Å². The Labute approximate surface area is 159 Å². The Morgan fingerprint density at radius 3 is 1.96 bits per heavy atom. The van der Waals surface area contributed by atoms with E-state index in [0.717, 1.165) is 51.9 Å². The second-order valence-electron chi connectivity index (χ2n) is 6.16. The molecule has 0 saturated carbocycles. The van der Waals surface area contributed by atoms with Crippen molar-refractivity contribution in [1.29, 1.82) is 0 Å². The van der Waals surface area contributed by atoms with Gasteiger partial charge >= 0.3 is 11.9 Å². The molecule has 2 heterocycles. The summed E-state index contributed by atoms with van der Waals surface area (Å²) in [5.74, 6) is 0.423. The van der Waals surface area contributed by atoms with E-state index in [-0.39, 0.29) is 24.1 Å². The summed E-state index contributed by atoms with van der Waals surface area (Å²) in [4.78, 5) is 21.9. The minimum absolute atomic E-state index is 0.0417. The van der Waals surface area contributed by atoms with Crippen LogP contribution < -0.4 is 0 Å². The quantitative estimate of drug-likeness (QED) is 0.482. The molecule has 0 spiro atoms. The molecular weight excluding hydrogens is 371 g/mol. The lowest BCUT2D eigenvalue weighted by atomic mass is 9.97. The first kappa shape index (κ1) is 22.5. The number of hydrogen-bond acceptors (Lipinski definition) is 6. The number of rotatable bonds is 7. The van der Waals surface area contributed by atoms with Crippen LogP contribution in [0.1, 0.15) is 44.9 Å². The summed E-state index contributed by atoms with van der Waals surface area (Å²) in [6.07, 6.45) is 6.11. The zero-order chi connectivity index (χ0) is 18.3. The summed E-state index contributed by atoms with van der Waals surface area (Å²) in [6.45, 7) is 3.15. The minimum Gasteiger partial charge on any atom is -0.449 e. The Morgan fingerprint density at radius 1 is 0.880 bits per heavy atom. The molecule has 0 aromatic carbocycles. The third-order valence-corrected chi connectivity index (χ3v) is 4.37. The van der Waals surface area contributed by atoms with E-state index in [1.54, 1.807) is 0 Å². The molecule has 6 nitrogen and oxygen atoms in total. The largest absolute Gasteiger partial charge is 0.449 e. The van der Waals surface area contributed by atoms with Crippen LogP contribution in [0.4, 0.5) is 0 Å². The molecular formula is C17H28Cl2O6. The van der Waals surface area contributed by atoms with Crippen molar-refractivity contribution < 1.29 is 28.5 Å². The maximum Gasteiger partial charge on any atom is 0.307 e. The van der Waals surface area contributed by atoms with Crippen molar-refractivity contribution in [1.82, 2.24) is 0 Å². The molecule has 0 radical (unpaired) electrons. The van der Waals surface area contributed by atoms with Gasteiger partial charge in [0.05, 0.1) is 6.42 Å². The van der Waals surface area contributed by atoms with Crippen LogP contribution in [0.5, 0.6) is 0 Å². The van der Waals surface area contributed by atoms with Crippen LogP contribution in [-0.2, 0) is 28.5 Å². The van der Waals surface area contributed by atoms with Crippen molar-refractivity contribution in [2.75, 3.05) is 38.6 Å². The second-order valence-corrected chi connectivity index (χ2v) is 6.60. The van der Waals surface area contributed by atoms with E-state index in [1.807, 2.05) is 0 Å². The molecule has 0 amide bonds. The summed E-state index contributed by atoms with van der Waals surface area (Å²) in [5.41, 5.74) is 0. The van der Waals surface area contributed by atoms with E-state index < -0.39 is 0 Å². The summed E-state index contributed by atoms with van der Waals surface area (Å²) < 4.78 is 19.8. The van der Waals surface area contributed by atoms with Crippen molar-refractivity contribution in [3.63, 3.8) is 0 Å². The Hall–Kier alpha value is -0.560. The number of esters is 2. The van der Waals surface area contributed by atoms with Crippen molar-refractivity contribution in [3.8, 4) is 0 Å². The molecule has 0 aromatic heterocycles. The van der Waals surface area contributed by atoms with Crippen LogP contribution in [0, 0.1) is 11.8 Å². The molecule has 0 aliphatic carbocycles. The van der Waals surface area contributed by atoms with Crippen LogP contribution in [-0.4, -0.2) is 50.5 Å². The number of ether oxygens (including phenoxy) is 4. The fraction of sp³-hybridized carbons (Fsp3) is 0.882. The van der Waals surface area contributed by atoms with Crippen LogP contribution >= 0.6 is 23.2 Å². The zero-order valence-corrected chi connectivity index (χ0v) is 16.1. The van der Waals surface area contributed by atoms with E-state index in [0.29, 0.717) is 31.3 Å². The van der Waals surface area contributed by atoms with Gasteiger partial charge in [0.1, 0.15) is 0 Å². The smallest absolute Gasteiger partial charge is 0.307 e. The lowest BCUT2D eigenvalue weighted by Crippen LogP contribution is -2.21. The second kappa shape index (κ2) is 14.6. The average molecular weight is 399 g/mol. The molecule has 0 aromatic rings. The number of carbonyl (C=O) groups is 2. The Balaban J connectivity index is 0.000000251. The molecule has 2 fully saturated rings. The predicted octanol–water partition coefficient (Wildman–Crippen LogP) is 3.48. The van der Waals surface area contributed by atoms with Gasteiger partial charge in [-0.3, -0.25) is 9.59 Å². The van der Waals surface area contributed by atoms with Gasteiger partial charge < -0.3 is 18.9 Å². The van der Waals surface area contributed by atoms with E-state index >= 15 is 0 Å². The Bertz CT molecular complexity index is 368. The van der Waals surface area contributed by atoms with E-state index in [1.165, 1.54) is 0 Å². The van der Waals surface area contributed by atoms with Crippen molar-refractivity contribution in [2.24, 2.45) is 11.8 Å². The number of hydrogen-bond donors (Lipinski definition) is 0. The van der Waals surface area contributed by atoms with Gasteiger partial charge in [-0.25, -0.2) is 0 Å². The molecule has 2 saturated heterocycles. The topological polar surface area (TPSA) is 71.1 Å². The first-order chi connectivity index (χ1) is 12.2. The van der Waals surface area contributed by atoms with Crippen molar-refractivity contribution >= 4 is 35.1 Å². The highest BCUT2D eigenvalue weighted by Crippen LogP contribution is 2.19. The lowest BCUT2D eigenvalue weighted by Gasteiger charge is -2.21. The fourth-order valence-electron chi connectivity index (χ4n) is 2.81. The van der Waals surface area contributed by atoms with Gasteiger partial charge in [0, 0.05) is 32.8 Å². The zero-order valence-electron chi connectivity index (χ0n) is 14.6. The first-order valence-corrected chi connectivity index (χ1v) is 9.81. The average Bonchev–Trinajstić information content (AvgIpc) is 2.63. The molecule has 2 rings (SSSR count). The molecule has 8 heteroatoms. The summed E-state index contributed by atoms with van der Waals surface area (Å²) in [7, 11) is 0. The minimum atomic E-state index is -0.222. The van der Waals surface area contributed by atoms with Crippen LogP contribution in [0.3, 0.4) is 0 Å². The van der Waals surface area contributed by atoms with Gasteiger partial charge in [-0.15, -0.1) is 0 Å². The van der Waals surface area contributed by atoms with Crippen LogP contribution in [0.15, 0.2) is 0 Å². The molecule has 2 aliphatic heterocycles. The third-order valence-electron chi connectivity index (χ3n) is 4.15.